The predicted molar refractivity (Wildman–Crippen MR) is 58.0 cm³/mol. The summed E-state index contributed by atoms with van der Waals surface area (Å²) in [6.45, 7) is 7.38. The SMILES string of the molecule is Cc1ncsc1CNCC(C)(C)C#N. The zero-order chi connectivity index (χ0) is 10.6. The van der Waals surface area contributed by atoms with Crippen LogP contribution in [0, 0.1) is 23.7 Å². The van der Waals surface area contributed by atoms with Gasteiger partial charge in [0.25, 0.3) is 0 Å². The van der Waals surface area contributed by atoms with E-state index in [2.05, 4.69) is 16.4 Å². The lowest BCUT2D eigenvalue weighted by atomic mass is 9.96. The third kappa shape index (κ3) is 3.09. The van der Waals surface area contributed by atoms with Crippen LogP contribution in [0.15, 0.2) is 5.51 Å². The lowest BCUT2D eigenvalue weighted by Crippen LogP contribution is -2.27. The molecule has 0 amide bonds. The van der Waals surface area contributed by atoms with E-state index < -0.39 is 0 Å². The number of nitrogens with one attached hydrogen (secondary N) is 1. The van der Waals surface area contributed by atoms with Crippen LogP contribution in [0.5, 0.6) is 0 Å². The van der Waals surface area contributed by atoms with Gasteiger partial charge in [-0.3, -0.25) is 0 Å². The van der Waals surface area contributed by atoms with Gasteiger partial charge in [-0.2, -0.15) is 5.26 Å². The molecule has 14 heavy (non-hydrogen) atoms. The maximum Gasteiger partial charge on any atom is 0.0798 e. The molecule has 0 aliphatic heterocycles. The smallest absolute Gasteiger partial charge is 0.0798 e. The van der Waals surface area contributed by atoms with Gasteiger partial charge in [0, 0.05) is 18.0 Å². The number of aryl methyl sites for hydroxylation is 1. The van der Waals surface area contributed by atoms with Gasteiger partial charge in [-0.05, 0) is 20.8 Å². The Kier molecular flexibility index (Phi) is 3.62. The van der Waals surface area contributed by atoms with E-state index in [0.717, 1.165) is 12.2 Å². The first-order chi connectivity index (χ1) is 6.55. The summed E-state index contributed by atoms with van der Waals surface area (Å²) < 4.78 is 0. The highest BCUT2D eigenvalue weighted by molar-refractivity contribution is 7.09. The molecule has 0 spiro atoms. The van der Waals surface area contributed by atoms with Crippen molar-refractivity contribution in [1.29, 1.82) is 5.26 Å². The molecule has 1 aromatic heterocycles. The van der Waals surface area contributed by atoms with Crippen molar-refractivity contribution in [3.05, 3.63) is 16.1 Å². The molecule has 4 heteroatoms. The molecule has 3 nitrogen and oxygen atoms in total. The Morgan fingerprint density at radius 1 is 1.64 bits per heavy atom. The Bertz CT molecular complexity index is 335. The molecule has 76 valence electrons. The van der Waals surface area contributed by atoms with Gasteiger partial charge >= 0.3 is 0 Å². The average Bonchev–Trinajstić information content (AvgIpc) is 2.52. The number of thiazole rings is 1. The van der Waals surface area contributed by atoms with Crippen LogP contribution in [-0.2, 0) is 6.54 Å². The Morgan fingerprint density at radius 3 is 2.86 bits per heavy atom. The van der Waals surface area contributed by atoms with E-state index >= 15 is 0 Å². The van der Waals surface area contributed by atoms with Crippen molar-refractivity contribution in [2.75, 3.05) is 6.54 Å². The second kappa shape index (κ2) is 4.54. The first kappa shape index (κ1) is 11.2. The number of nitriles is 1. The molecule has 0 bridgehead atoms. The normalized spacial score (nSPS) is 11.3. The fourth-order valence-electron chi connectivity index (χ4n) is 1.02. The van der Waals surface area contributed by atoms with Crippen molar-refractivity contribution in [1.82, 2.24) is 10.3 Å². The molecule has 1 rings (SSSR count). The first-order valence-electron chi connectivity index (χ1n) is 4.56. The van der Waals surface area contributed by atoms with Gasteiger partial charge in [-0.15, -0.1) is 11.3 Å². The van der Waals surface area contributed by atoms with Gasteiger partial charge in [0.05, 0.1) is 22.7 Å². The van der Waals surface area contributed by atoms with Crippen LogP contribution in [0.3, 0.4) is 0 Å². The van der Waals surface area contributed by atoms with E-state index in [0.29, 0.717) is 6.54 Å². The van der Waals surface area contributed by atoms with Crippen molar-refractivity contribution >= 4 is 11.3 Å². The van der Waals surface area contributed by atoms with Crippen LogP contribution >= 0.6 is 11.3 Å². The molecule has 1 aromatic rings. The largest absolute Gasteiger partial charge is 0.310 e. The second-order valence-electron chi connectivity index (χ2n) is 3.96. The summed E-state index contributed by atoms with van der Waals surface area (Å²) in [4.78, 5) is 5.41. The van der Waals surface area contributed by atoms with Gasteiger partial charge in [-0.1, -0.05) is 0 Å². The predicted octanol–water partition coefficient (Wildman–Crippen LogP) is 2.09. The van der Waals surface area contributed by atoms with Crippen LogP contribution in [0.4, 0.5) is 0 Å². The molecule has 0 saturated heterocycles. The summed E-state index contributed by atoms with van der Waals surface area (Å²) >= 11 is 1.65. The van der Waals surface area contributed by atoms with E-state index in [1.807, 2.05) is 26.3 Å². The molecule has 0 aliphatic rings. The maximum absolute atomic E-state index is 8.81. The van der Waals surface area contributed by atoms with Crippen LogP contribution < -0.4 is 5.32 Å². The Hall–Kier alpha value is -0.920. The average molecular weight is 209 g/mol. The van der Waals surface area contributed by atoms with E-state index in [4.69, 9.17) is 5.26 Å². The molecule has 1 N–H and O–H groups in total. The minimum Gasteiger partial charge on any atom is -0.310 e. The van der Waals surface area contributed by atoms with Crippen molar-refractivity contribution in [2.45, 2.75) is 27.3 Å². The zero-order valence-electron chi connectivity index (χ0n) is 8.79. The minimum atomic E-state index is -0.293. The lowest BCUT2D eigenvalue weighted by Gasteiger charge is -2.15. The Morgan fingerprint density at radius 2 is 2.36 bits per heavy atom. The molecule has 1 heterocycles. The van der Waals surface area contributed by atoms with E-state index in [1.54, 1.807) is 11.3 Å². The maximum atomic E-state index is 8.81. The quantitative estimate of drug-likeness (QED) is 0.826. The highest BCUT2D eigenvalue weighted by Gasteiger charge is 2.15. The molecular formula is C10H15N3S. The Labute approximate surface area is 88.8 Å². The van der Waals surface area contributed by atoms with E-state index in [-0.39, 0.29) is 5.41 Å². The highest BCUT2D eigenvalue weighted by atomic mass is 32.1. The van der Waals surface area contributed by atoms with Gasteiger partial charge < -0.3 is 5.32 Å². The van der Waals surface area contributed by atoms with Gasteiger partial charge in [-0.25, -0.2) is 4.98 Å². The molecule has 0 aromatic carbocycles. The minimum absolute atomic E-state index is 0.293. The topological polar surface area (TPSA) is 48.7 Å². The molecule has 0 radical (unpaired) electrons. The van der Waals surface area contributed by atoms with Crippen molar-refractivity contribution in [2.24, 2.45) is 5.41 Å². The van der Waals surface area contributed by atoms with Gasteiger partial charge in [0.15, 0.2) is 0 Å². The molecule has 0 aliphatic carbocycles. The fourth-order valence-corrected chi connectivity index (χ4v) is 1.77. The van der Waals surface area contributed by atoms with Gasteiger partial charge in [0.1, 0.15) is 0 Å². The number of aromatic nitrogens is 1. The lowest BCUT2D eigenvalue weighted by molar-refractivity contribution is 0.446. The van der Waals surface area contributed by atoms with E-state index in [9.17, 15) is 0 Å². The summed E-state index contributed by atoms with van der Waals surface area (Å²) in [5.41, 5.74) is 2.64. The van der Waals surface area contributed by atoms with Crippen molar-refractivity contribution < 1.29 is 0 Å². The number of rotatable bonds is 4. The first-order valence-corrected chi connectivity index (χ1v) is 5.44. The second-order valence-corrected chi connectivity index (χ2v) is 4.90. The van der Waals surface area contributed by atoms with Crippen molar-refractivity contribution in [3.8, 4) is 6.07 Å². The van der Waals surface area contributed by atoms with Crippen LogP contribution in [0.1, 0.15) is 24.4 Å². The van der Waals surface area contributed by atoms with Gasteiger partial charge in [0.2, 0.25) is 0 Å². The molecule has 0 fully saturated rings. The van der Waals surface area contributed by atoms with Crippen LogP contribution in [0.25, 0.3) is 0 Å². The monoisotopic (exact) mass is 209 g/mol. The summed E-state index contributed by atoms with van der Waals surface area (Å²) in [6, 6.07) is 2.26. The summed E-state index contributed by atoms with van der Waals surface area (Å²) in [6.07, 6.45) is 0. The number of hydrogen-bond acceptors (Lipinski definition) is 4. The van der Waals surface area contributed by atoms with E-state index in [1.165, 1.54) is 4.88 Å². The standard InChI is InChI=1S/C10H15N3S/c1-8-9(14-7-13-8)4-12-6-10(2,3)5-11/h7,12H,4,6H2,1-3H3. The molecule has 0 unspecified atom stereocenters. The number of nitrogens with zero attached hydrogens (tertiary/aromatic N) is 2. The Balaban J connectivity index is 2.37. The van der Waals surface area contributed by atoms with Crippen molar-refractivity contribution in [3.63, 3.8) is 0 Å². The molecular weight excluding hydrogens is 194 g/mol. The van der Waals surface area contributed by atoms with Crippen LogP contribution in [-0.4, -0.2) is 11.5 Å². The number of hydrogen-bond donors (Lipinski definition) is 1. The van der Waals surface area contributed by atoms with Crippen LogP contribution in [0.2, 0.25) is 0 Å². The summed E-state index contributed by atoms with van der Waals surface area (Å²) in [7, 11) is 0. The fraction of sp³-hybridized carbons (Fsp3) is 0.600. The third-order valence-corrected chi connectivity index (χ3v) is 2.94. The third-order valence-electron chi connectivity index (χ3n) is 2.00. The summed E-state index contributed by atoms with van der Waals surface area (Å²) in [5.74, 6) is 0. The zero-order valence-corrected chi connectivity index (χ0v) is 9.61. The molecule has 0 saturated carbocycles. The highest BCUT2D eigenvalue weighted by Crippen LogP contribution is 2.14. The molecule has 0 atom stereocenters. The summed E-state index contributed by atoms with van der Waals surface area (Å²) in [5, 5.41) is 12.1.